The summed E-state index contributed by atoms with van der Waals surface area (Å²) in [6.45, 7) is 2.05. The molecule has 0 saturated carbocycles. The highest BCUT2D eigenvalue weighted by molar-refractivity contribution is 9.10. The Morgan fingerprint density at radius 3 is 2.70 bits per heavy atom. The van der Waals surface area contributed by atoms with Crippen molar-refractivity contribution in [3.63, 3.8) is 0 Å². The lowest BCUT2D eigenvalue weighted by Crippen LogP contribution is -1.86. The molecule has 0 N–H and O–H groups in total. The van der Waals surface area contributed by atoms with Gasteiger partial charge in [0.05, 0.1) is 5.69 Å². The number of nitrogens with zero attached hydrogens (tertiary/aromatic N) is 1. The minimum atomic E-state index is 0.813. The van der Waals surface area contributed by atoms with Gasteiger partial charge in [-0.2, -0.15) is 0 Å². The van der Waals surface area contributed by atoms with Gasteiger partial charge in [0.15, 0.2) is 0 Å². The average molecular weight is 265 g/mol. The summed E-state index contributed by atoms with van der Waals surface area (Å²) in [5, 5.41) is 0.813. The van der Waals surface area contributed by atoms with E-state index in [9.17, 15) is 0 Å². The summed E-state index contributed by atoms with van der Waals surface area (Å²) < 4.78 is 0.905. The molecule has 0 aromatic carbocycles. The number of halogens is 2. The molecule has 3 heteroatoms. The zero-order chi connectivity index (χ0) is 7.56. The standard InChI is InChI=1S/C7H7Br2N/c1-5-2-6(4-8)10-7(9)3-5/h2-3H,4H2,1H3. The lowest BCUT2D eigenvalue weighted by molar-refractivity contribution is 1.13. The summed E-state index contributed by atoms with van der Waals surface area (Å²) in [7, 11) is 0. The molecule has 1 aromatic heterocycles. The van der Waals surface area contributed by atoms with Crippen LogP contribution in [-0.4, -0.2) is 4.98 Å². The molecule has 0 fully saturated rings. The molecule has 0 aliphatic rings. The molecule has 1 nitrogen and oxygen atoms in total. The Kier molecular flexibility index (Phi) is 2.86. The molecule has 0 spiro atoms. The van der Waals surface area contributed by atoms with Crippen LogP contribution in [0.15, 0.2) is 16.7 Å². The Morgan fingerprint density at radius 2 is 2.20 bits per heavy atom. The van der Waals surface area contributed by atoms with Gasteiger partial charge in [0.2, 0.25) is 0 Å². The van der Waals surface area contributed by atoms with Crippen LogP contribution in [0.2, 0.25) is 0 Å². The lowest BCUT2D eigenvalue weighted by atomic mass is 10.3. The maximum Gasteiger partial charge on any atom is 0.106 e. The molecule has 1 rings (SSSR count). The SMILES string of the molecule is Cc1cc(Br)nc(CBr)c1. The zero-order valence-electron chi connectivity index (χ0n) is 5.56. The summed E-state index contributed by atoms with van der Waals surface area (Å²) in [6.07, 6.45) is 0. The van der Waals surface area contributed by atoms with Crippen LogP contribution in [0.4, 0.5) is 0 Å². The third kappa shape index (κ3) is 2.06. The van der Waals surface area contributed by atoms with E-state index in [1.807, 2.05) is 6.07 Å². The van der Waals surface area contributed by atoms with Crippen LogP contribution in [0.3, 0.4) is 0 Å². The van der Waals surface area contributed by atoms with Crippen molar-refractivity contribution in [2.45, 2.75) is 12.3 Å². The van der Waals surface area contributed by atoms with E-state index in [4.69, 9.17) is 0 Å². The summed E-state index contributed by atoms with van der Waals surface area (Å²) in [5.41, 5.74) is 2.29. The number of aromatic nitrogens is 1. The lowest BCUT2D eigenvalue weighted by Gasteiger charge is -1.97. The van der Waals surface area contributed by atoms with Crippen LogP contribution in [-0.2, 0) is 5.33 Å². The first-order valence-corrected chi connectivity index (χ1v) is 4.83. The molecule has 54 valence electrons. The van der Waals surface area contributed by atoms with Crippen LogP contribution in [0, 0.1) is 6.92 Å². The van der Waals surface area contributed by atoms with Crippen molar-refractivity contribution in [2.75, 3.05) is 0 Å². The molecular formula is C7H7Br2N. The Labute approximate surface area is 77.1 Å². The van der Waals surface area contributed by atoms with E-state index in [2.05, 4.69) is 49.8 Å². The first kappa shape index (κ1) is 8.21. The van der Waals surface area contributed by atoms with Crippen LogP contribution in [0.5, 0.6) is 0 Å². The summed E-state index contributed by atoms with van der Waals surface area (Å²) >= 11 is 6.66. The maximum absolute atomic E-state index is 4.22. The van der Waals surface area contributed by atoms with Gasteiger partial charge in [-0.3, -0.25) is 0 Å². The van der Waals surface area contributed by atoms with Gasteiger partial charge in [-0.1, -0.05) is 15.9 Å². The zero-order valence-corrected chi connectivity index (χ0v) is 8.74. The minimum absolute atomic E-state index is 0.813. The van der Waals surface area contributed by atoms with E-state index in [1.165, 1.54) is 5.56 Å². The van der Waals surface area contributed by atoms with Crippen molar-refractivity contribution < 1.29 is 0 Å². The van der Waals surface area contributed by atoms with E-state index in [-0.39, 0.29) is 0 Å². The van der Waals surface area contributed by atoms with Crippen LogP contribution in [0.1, 0.15) is 11.3 Å². The fourth-order valence-electron chi connectivity index (χ4n) is 0.763. The molecule has 0 unspecified atom stereocenters. The average Bonchev–Trinajstić information content (AvgIpc) is 1.85. The highest BCUT2D eigenvalue weighted by atomic mass is 79.9. The van der Waals surface area contributed by atoms with E-state index >= 15 is 0 Å². The van der Waals surface area contributed by atoms with Gasteiger partial charge in [-0.15, -0.1) is 0 Å². The molecule has 0 amide bonds. The fourth-order valence-corrected chi connectivity index (χ4v) is 1.64. The van der Waals surface area contributed by atoms with Crippen molar-refractivity contribution in [2.24, 2.45) is 0 Å². The smallest absolute Gasteiger partial charge is 0.106 e. The molecule has 0 radical (unpaired) electrons. The third-order valence-electron chi connectivity index (χ3n) is 1.13. The van der Waals surface area contributed by atoms with Crippen molar-refractivity contribution in [1.82, 2.24) is 4.98 Å². The number of hydrogen-bond donors (Lipinski definition) is 0. The second-order valence-corrected chi connectivity index (χ2v) is 3.47. The number of pyridine rings is 1. The minimum Gasteiger partial charge on any atom is -0.245 e. The van der Waals surface area contributed by atoms with Gasteiger partial charge in [-0.25, -0.2) is 4.98 Å². The third-order valence-corrected chi connectivity index (χ3v) is 2.11. The van der Waals surface area contributed by atoms with Crippen LogP contribution >= 0.6 is 31.9 Å². The first-order valence-electron chi connectivity index (χ1n) is 2.91. The van der Waals surface area contributed by atoms with E-state index < -0.39 is 0 Å². The summed E-state index contributed by atoms with van der Waals surface area (Å²) in [6, 6.07) is 4.05. The second kappa shape index (κ2) is 3.49. The molecule has 10 heavy (non-hydrogen) atoms. The topological polar surface area (TPSA) is 12.9 Å². The van der Waals surface area contributed by atoms with Gasteiger partial charge < -0.3 is 0 Å². The predicted octanol–water partition coefficient (Wildman–Crippen LogP) is 3.05. The highest BCUT2D eigenvalue weighted by Crippen LogP contribution is 2.12. The largest absolute Gasteiger partial charge is 0.245 e. The molecule has 0 aliphatic carbocycles. The molecule has 0 aliphatic heterocycles. The molecule has 1 aromatic rings. The van der Waals surface area contributed by atoms with E-state index in [0.29, 0.717) is 0 Å². The first-order chi connectivity index (χ1) is 4.72. The summed E-state index contributed by atoms with van der Waals surface area (Å²) in [4.78, 5) is 4.22. The van der Waals surface area contributed by atoms with E-state index in [1.54, 1.807) is 0 Å². The second-order valence-electron chi connectivity index (χ2n) is 2.09. The monoisotopic (exact) mass is 263 g/mol. The van der Waals surface area contributed by atoms with Crippen molar-refractivity contribution in [1.29, 1.82) is 0 Å². The number of hydrogen-bond acceptors (Lipinski definition) is 1. The van der Waals surface area contributed by atoms with Gasteiger partial charge in [0, 0.05) is 5.33 Å². The van der Waals surface area contributed by atoms with Gasteiger partial charge in [-0.05, 0) is 40.5 Å². The van der Waals surface area contributed by atoms with E-state index in [0.717, 1.165) is 15.6 Å². The number of alkyl halides is 1. The molecule has 0 bridgehead atoms. The van der Waals surface area contributed by atoms with Crippen LogP contribution in [0.25, 0.3) is 0 Å². The summed E-state index contributed by atoms with van der Waals surface area (Å²) in [5.74, 6) is 0. The Hall–Kier alpha value is 0.110. The van der Waals surface area contributed by atoms with Crippen molar-refractivity contribution >= 4 is 31.9 Å². The van der Waals surface area contributed by atoms with Gasteiger partial charge in [0.25, 0.3) is 0 Å². The molecule has 1 heterocycles. The molecular weight excluding hydrogens is 258 g/mol. The number of aryl methyl sites for hydroxylation is 1. The quantitative estimate of drug-likeness (QED) is 0.561. The molecule has 0 saturated heterocycles. The van der Waals surface area contributed by atoms with Gasteiger partial charge in [0.1, 0.15) is 4.60 Å². The normalized spacial score (nSPS) is 9.90. The Morgan fingerprint density at radius 1 is 1.50 bits per heavy atom. The van der Waals surface area contributed by atoms with Gasteiger partial charge >= 0.3 is 0 Å². The Bertz CT molecular complexity index is 215. The maximum atomic E-state index is 4.22. The van der Waals surface area contributed by atoms with Crippen molar-refractivity contribution in [3.8, 4) is 0 Å². The van der Waals surface area contributed by atoms with Crippen LogP contribution < -0.4 is 0 Å². The number of rotatable bonds is 1. The van der Waals surface area contributed by atoms with Crippen molar-refractivity contribution in [3.05, 3.63) is 28.0 Å². The Balaban J connectivity index is 3.06. The predicted molar refractivity (Wildman–Crippen MR) is 49.3 cm³/mol. The molecule has 0 atom stereocenters. The fraction of sp³-hybridized carbons (Fsp3) is 0.286. The highest BCUT2D eigenvalue weighted by Gasteiger charge is 1.94.